The standard InChI is InChI=1S/C23H28N4O2.HI/c1-5-24-23(25-13-18-8-11-21(28-4)17(3)12-18)26-14-20-15-29-22(27-20)19-9-6-16(2)7-10-19;/h6-12,15H,5,13-14H2,1-4H3,(H2,24,25,26);1H. The minimum absolute atomic E-state index is 0. The Kier molecular flexibility index (Phi) is 9.16. The van der Waals surface area contributed by atoms with Crippen LogP contribution in [0.5, 0.6) is 5.75 Å². The predicted molar refractivity (Wildman–Crippen MR) is 131 cm³/mol. The number of hydrogen-bond donors (Lipinski definition) is 2. The number of aliphatic imine (C=N–C) groups is 1. The molecule has 2 N–H and O–H groups in total. The lowest BCUT2D eigenvalue weighted by atomic mass is 10.1. The number of methoxy groups -OCH3 is 1. The highest BCUT2D eigenvalue weighted by Crippen LogP contribution is 2.20. The van der Waals surface area contributed by atoms with Crippen molar-refractivity contribution in [2.45, 2.75) is 33.9 Å². The molecule has 7 heteroatoms. The molecule has 0 saturated heterocycles. The van der Waals surface area contributed by atoms with Crippen molar-refractivity contribution in [3.63, 3.8) is 0 Å². The number of nitrogens with one attached hydrogen (secondary N) is 2. The van der Waals surface area contributed by atoms with Crippen molar-refractivity contribution in [1.29, 1.82) is 0 Å². The molecule has 0 fully saturated rings. The van der Waals surface area contributed by atoms with Crippen LogP contribution in [-0.2, 0) is 13.1 Å². The van der Waals surface area contributed by atoms with Gasteiger partial charge in [-0.1, -0.05) is 29.8 Å². The molecule has 0 radical (unpaired) electrons. The second-order valence-electron chi connectivity index (χ2n) is 6.86. The molecule has 0 unspecified atom stereocenters. The Bertz CT molecular complexity index is 968. The van der Waals surface area contributed by atoms with Gasteiger partial charge < -0.3 is 19.8 Å². The maximum atomic E-state index is 5.62. The van der Waals surface area contributed by atoms with E-state index in [9.17, 15) is 0 Å². The summed E-state index contributed by atoms with van der Waals surface area (Å²) >= 11 is 0. The van der Waals surface area contributed by atoms with E-state index < -0.39 is 0 Å². The van der Waals surface area contributed by atoms with Crippen molar-refractivity contribution >= 4 is 29.9 Å². The van der Waals surface area contributed by atoms with E-state index in [4.69, 9.17) is 9.15 Å². The van der Waals surface area contributed by atoms with Crippen molar-refractivity contribution in [2.75, 3.05) is 13.7 Å². The number of benzene rings is 2. The number of nitrogens with zero attached hydrogens (tertiary/aromatic N) is 2. The minimum Gasteiger partial charge on any atom is -0.496 e. The molecule has 0 atom stereocenters. The Balaban J connectivity index is 0.00000320. The van der Waals surface area contributed by atoms with E-state index in [1.807, 2.05) is 50.2 Å². The van der Waals surface area contributed by atoms with E-state index in [0.29, 0.717) is 19.0 Å². The summed E-state index contributed by atoms with van der Waals surface area (Å²) in [5, 5.41) is 6.57. The summed E-state index contributed by atoms with van der Waals surface area (Å²) in [6.07, 6.45) is 1.68. The number of oxazole rings is 1. The summed E-state index contributed by atoms with van der Waals surface area (Å²) in [6, 6.07) is 14.2. The van der Waals surface area contributed by atoms with Gasteiger partial charge in [0.2, 0.25) is 5.89 Å². The smallest absolute Gasteiger partial charge is 0.226 e. The molecule has 30 heavy (non-hydrogen) atoms. The lowest BCUT2D eigenvalue weighted by Crippen LogP contribution is -2.36. The molecule has 0 spiro atoms. The average Bonchev–Trinajstić information content (AvgIpc) is 3.20. The molecular formula is C23H29IN4O2. The molecule has 3 aromatic rings. The predicted octanol–water partition coefficient (Wildman–Crippen LogP) is 4.84. The minimum atomic E-state index is 0. The summed E-state index contributed by atoms with van der Waals surface area (Å²) in [5.74, 6) is 2.25. The first-order valence-electron chi connectivity index (χ1n) is 9.76. The number of halogens is 1. The van der Waals surface area contributed by atoms with Crippen LogP contribution in [0.3, 0.4) is 0 Å². The van der Waals surface area contributed by atoms with Crippen LogP contribution in [0.2, 0.25) is 0 Å². The maximum absolute atomic E-state index is 5.62. The van der Waals surface area contributed by atoms with Gasteiger partial charge in [0.15, 0.2) is 5.96 Å². The first-order chi connectivity index (χ1) is 14.1. The van der Waals surface area contributed by atoms with Gasteiger partial charge in [0.05, 0.1) is 25.9 Å². The van der Waals surface area contributed by atoms with Crippen molar-refractivity contribution in [1.82, 2.24) is 15.6 Å². The molecule has 0 bridgehead atoms. The van der Waals surface area contributed by atoms with Crippen molar-refractivity contribution < 1.29 is 9.15 Å². The summed E-state index contributed by atoms with van der Waals surface area (Å²) in [7, 11) is 1.68. The van der Waals surface area contributed by atoms with E-state index in [0.717, 1.165) is 40.6 Å². The van der Waals surface area contributed by atoms with Crippen LogP contribution in [-0.4, -0.2) is 24.6 Å². The van der Waals surface area contributed by atoms with Crippen LogP contribution in [0.4, 0.5) is 0 Å². The Morgan fingerprint density at radius 1 is 1.10 bits per heavy atom. The average molecular weight is 520 g/mol. The van der Waals surface area contributed by atoms with E-state index in [1.54, 1.807) is 13.4 Å². The molecule has 0 aliphatic carbocycles. The third-order valence-electron chi connectivity index (χ3n) is 4.51. The van der Waals surface area contributed by atoms with Gasteiger partial charge in [-0.15, -0.1) is 24.0 Å². The topological polar surface area (TPSA) is 71.7 Å². The molecule has 3 rings (SSSR count). The fraction of sp³-hybridized carbons (Fsp3) is 0.304. The monoisotopic (exact) mass is 520 g/mol. The van der Waals surface area contributed by atoms with E-state index in [2.05, 4.69) is 33.6 Å². The SMILES string of the molecule is CCNC(=NCc1ccc(OC)c(C)c1)NCc1coc(-c2ccc(C)cc2)n1.I. The Hall–Kier alpha value is -2.55. The summed E-state index contributed by atoms with van der Waals surface area (Å²) < 4.78 is 10.9. The fourth-order valence-corrected chi connectivity index (χ4v) is 2.94. The van der Waals surface area contributed by atoms with E-state index >= 15 is 0 Å². The molecule has 6 nitrogen and oxygen atoms in total. The molecule has 0 amide bonds. The van der Waals surface area contributed by atoms with Gasteiger partial charge in [-0.05, 0) is 50.1 Å². The first-order valence-corrected chi connectivity index (χ1v) is 9.76. The highest BCUT2D eigenvalue weighted by atomic mass is 127. The van der Waals surface area contributed by atoms with Gasteiger partial charge in [0.25, 0.3) is 0 Å². The maximum Gasteiger partial charge on any atom is 0.226 e. The van der Waals surface area contributed by atoms with Crippen LogP contribution in [0, 0.1) is 13.8 Å². The normalized spacial score (nSPS) is 11.0. The second-order valence-corrected chi connectivity index (χ2v) is 6.86. The van der Waals surface area contributed by atoms with Crippen LogP contribution in [0.15, 0.2) is 58.1 Å². The van der Waals surface area contributed by atoms with Gasteiger partial charge in [-0.3, -0.25) is 0 Å². The quantitative estimate of drug-likeness (QED) is 0.265. The summed E-state index contributed by atoms with van der Waals surface area (Å²) in [6.45, 7) is 8.02. The van der Waals surface area contributed by atoms with Crippen molar-refractivity contribution in [3.8, 4) is 17.2 Å². The molecule has 2 aromatic carbocycles. The number of rotatable bonds is 7. The lowest BCUT2D eigenvalue weighted by Gasteiger charge is -2.10. The zero-order valence-electron chi connectivity index (χ0n) is 17.9. The second kappa shape index (κ2) is 11.6. The number of guanidine groups is 1. The molecule has 160 valence electrons. The third kappa shape index (κ3) is 6.48. The molecule has 0 aliphatic rings. The molecular weight excluding hydrogens is 491 g/mol. The van der Waals surface area contributed by atoms with Gasteiger partial charge in [0, 0.05) is 12.1 Å². The Labute approximate surface area is 195 Å². The highest BCUT2D eigenvalue weighted by Gasteiger charge is 2.07. The third-order valence-corrected chi connectivity index (χ3v) is 4.51. The van der Waals surface area contributed by atoms with Crippen molar-refractivity contribution in [3.05, 3.63) is 71.1 Å². The van der Waals surface area contributed by atoms with Crippen LogP contribution in [0.1, 0.15) is 29.3 Å². The fourth-order valence-electron chi connectivity index (χ4n) is 2.94. The number of ether oxygens (including phenoxy) is 1. The number of aryl methyl sites for hydroxylation is 2. The largest absolute Gasteiger partial charge is 0.496 e. The van der Waals surface area contributed by atoms with Crippen LogP contribution < -0.4 is 15.4 Å². The zero-order valence-corrected chi connectivity index (χ0v) is 20.2. The molecule has 0 saturated carbocycles. The first kappa shape index (κ1) is 23.7. The zero-order chi connectivity index (χ0) is 20.6. The van der Waals surface area contributed by atoms with E-state index in [-0.39, 0.29) is 24.0 Å². The summed E-state index contributed by atoms with van der Waals surface area (Å²) in [5.41, 5.74) is 5.23. The van der Waals surface area contributed by atoms with Gasteiger partial charge in [-0.25, -0.2) is 9.98 Å². The number of hydrogen-bond acceptors (Lipinski definition) is 4. The Morgan fingerprint density at radius 2 is 1.87 bits per heavy atom. The van der Waals surface area contributed by atoms with Gasteiger partial charge in [-0.2, -0.15) is 0 Å². The van der Waals surface area contributed by atoms with E-state index in [1.165, 1.54) is 5.56 Å². The molecule has 0 aliphatic heterocycles. The Morgan fingerprint density at radius 3 is 2.53 bits per heavy atom. The van der Waals surface area contributed by atoms with Gasteiger partial charge >= 0.3 is 0 Å². The van der Waals surface area contributed by atoms with Crippen LogP contribution in [0.25, 0.3) is 11.5 Å². The molecule has 1 heterocycles. The molecule has 1 aromatic heterocycles. The van der Waals surface area contributed by atoms with Crippen LogP contribution >= 0.6 is 24.0 Å². The number of aromatic nitrogens is 1. The summed E-state index contributed by atoms with van der Waals surface area (Å²) in [4.78, 5) is 9.23. The highest BCUT2D eigenvalue weighted by molar-refractivity contribution is 14.0. The van der Waals surface area contributed by atoms with Crippen molar-refractivity contribution in [2.24, 2.45) is 4.99 Å². The lowest BCUT2D eigenvalue weighted by molar-refractivity contribution is 0.411. The van der Waals surface area contributed by atoms with Gasteiger partial charge in [0.1, 0.15) is 12.0 Å².